The minimum absolute atomic E-state index is 0.0154. The lowest BCUT2D eigenvalue weighted by atomic mass is 10.0. The van der Waals surface area contributed by atoms with Crippen molar-refractivity contribution in [3.63, 3.8) is 0 Å². The number of ether oxygens (including phenoxy) is 2. The van der Waals surface area contributed by atoms with Crippen molar-refractivity contribution < 1.29 is 19.1 Å². The number of carbonyl (C=O) groups excluding carboxylic acids is 1. The van der Waals surface area contributed by atoms with Crippen molar-refractivity contribution in [2.45, 2.75) is 12.5 Å². The first-order valence-corrected chi connectivity index (χ1v) is 9.73. The van der Waals surface area contributed by atoms with Gasteiger partial charge in [-0.25, -0.2) is 0 Å². The van der Waals surface area contributed by atoms with Crippen LogP contribution in [0.4, 0.5) is 5.69 Å². The van der Waals surface area contributed by atoms with Gasteiger partial charge in [0.05, 0.1) is 19.9 Å². The Morgan fingerprint density at radius 3 is 2.48 bits per heavy atom. The minimum Gasteiger partial charge on any atom is -0.497 e. The molecule has 0 N–H and O–H groups in total. The molecule has 0 unspecified atom stereocenters. The Labute approximate surface area is 170 Å². The fourth-order valence-corrected chi connectivity index (χ4v) is 3.74. The van der Waals surface area contributed by atoms with Gasteiger partial charge in [0.15, 0.2) is 0 Å². The van der Waals surface area contributed by atoms with Gasteiger partial charge in [0.25, 0.3) is 5.91 Å². The normalized spacial score (nSPS) is 18.8. The van der Waals surface area contributed by atoms with Crippen LogP contribution < -0.4 is 14.4 Å². The van der Waals surface area contributed by atoms with E-state index < -0.39 is 6.10 Å². The number of methoxy groups -OCH3 is 2. The quantitative estimate of drug-likeness (QED) is 0.779. The van der Waals surface area contributed by atoms with Crippen LogP contribution in [-0.4, -0.2) is 63.0 Å². The Morgan fingerprint density at radius 2 is 1.79 bits per heavy atom. The monoisotopic (exact) mass is 395 g/mol. The van der Waals surface area contributed by atoms with Gasteiger partial charge in [0, 0.05) is 43.9 Å². The third-order valence-electron chi connectivity index (χ3n) is 5.37. The molecule has 7 heteroatoms. The number of oxime groups is 1. The smallest absolute Gasteiger partial charge is 0.267 e. The van der Waals surface area contributed by atoms with Crippen LogP contribution in [0.5, 0.6) is 11.5 Å². The molecule has 29 heavy (non-hydrogen) atoms. The summed E-state index contributed by atoms with van der Waals surface area (Å²) in [5.74, 6) is 1.37. The fraction of sp³-hybridized carbons (Fsp3) is 0.364. The van der Waals surface area contributed by atoms with Gasteiger partial charge in [-0.3, -0.25) is 4.79 Å². The van der Waals surface area contributed by atoms with E-state index in [2.05, 4.69) is 22.2 Å². The molecule has 2 aromatic rings. The second-order valence-corrected chi connectivity index (χ2v) is 7.05. The van der Waals surface area contributed by atoms with Gasteiger partial charge >= 0.3 is 0 Å². The molecule has 0 aliphatic carbocycles. The van der Waals surface area contributed by atoms with Gasteiger partial charge in [-0.2, -0.15) is 0 Å². The molecule has 1 fully saturated rings. The molecular formula is C22H25N3O4. The summed E-state index contributed by atoms with van der Waals surface area (Å²) in [7, 11) is 3.22. The number of piperazine rings is 1. The van der Waals surface area contributed by atoms with Crippen LogP contribution in [0.3, 0.4) is 0 Å². The summed E-state index contributed by atoms with van der Waals surface area (Å²) in [6.07, 6.45) is -0.175. The number of nitrogens with zero attached hydrogens (tertiary/aromatic N) is 3. The zero-order valence-corrected chi connectivity index (χ0v) is 16.7. The van der Waals surface area contributed by atoms with E-state index in [0.29, 0.717) is 36.7 Å². The highest BCUT2D eigenvalue weighted by Gasteiger charge is 2.34. The molecule has 7 nitrogen and oxygen atoms in total. The van der Waals surface area contributed by atoms with E-state index in [-0.39, 0.29) is 5.91 Å². The van der Waals surface area contributed by atoms with E-state index in [0.717, 1.165) is 18.7 Å². The van der Waals surface area contributed by atoms with Crippen molar-refractivity contribution in [2.24, 2.45) is 5.16 Å². The summed E-state index contributed by atoms with van der Waals surface area (Å²) in [6.45, 7) is 2.95. The summed E-state index contributed by atoms with van der Waals surface area (Å²) in [5.41, 5.74) is 2.67. The van der Waals surface area contributed by atoms with Crippen LogP contribution >= 0.6 is 0 Å². The first-order valence-electron chi connectivity index (χ1n) is 9.73. The van der Waals surface area contributed by atoms with Crippen LogP contribution in [0.2, 0.25) is 0 Å². The summed E-state index contributed by atoms with van der Waals surface area (Å²) >= 11 is 0. The maximum absolute atomic E-state index is 13.0. The maximum Gasteiger partial charge on any atom is 0.267 e. The van der Waals surface area contributed by atoms with E-state index in [9.17, 15) is 4.79 Å². The Bertz CT molecular complexity index is 892. The molecule has 0 radical (unpaired) electrons. The summed E-state index contributed by atoms with van der Waals surface area (Å²) < 4.78 is 10.7. The average Bonchev–Trinajstić information content (AvgIpc) is 3.29. The molecule has 0 aromatic heterocycles. The largest absolute Gasteiger partial charge is 0.497 e. The van der Waals surface area contributed by atoms with Crippen molar-refractivity contribution in [3.8, 4) is 11.5 Å². The fourth-order valence-electron chi connectivity index (χ4n) is 3.74. The zero-order valence-electron chi connectivity index (χ0n) is 16.7. The van der Waals surface area contributed by atoms with Crippen LogP contribution in [0.15, 0.2) is 53.7 Å². The molecular weight excluding hydrogens is 370 g/mol. The van der Waals surface area contributed by atoms with E-state index in [1.165, 1.54) is 5.69 Å². The van der Waals surface area contributed by atoms with Gasteiger partial charge in [0.1, 0.15) is 11.5 Å². The van der Waals surface area contributed by atoms with Gasteiger partial charge in [-0.1, -0.05) is 23.4 Å². The van der Waals surface area contributed by atoms with Crippen molar-refractivity contribution in [3.05, 3.63) is 54.1 Å². The third kappa shape index (κ3) is 3.99. The molecule has 152 valence electrons. The van der Waals surface area contributed by atoms with Gasteiger partial charge < -0.3 is 24.1 Å². The molecule has 2 aromatic carbocycles. The molecule has 2 heterocycles. The number of anilines is 1. The lowest BCUT2D eigenvalue weighted by Crippen LogP contribution is -2.51. The number of para-hydroxylation sites is 1. The predicted molar refractivity (Wildman–Crippen MR) is 111 cm³/mol. The first-order chi connectivity index (χ1) is 14.2. The SMILES string of the molecule is COc1ccc(OC)c(C2=NO[C@H](C(=O)N3CCN(c4ccccc4)CC3)C2)c1. The molecule has 2 aliphatic heterocycles. The van der Waals surface area contributed by atoms with Crippen molar-refractivity contribution in [1.29, 1.82) is 0 Å². The Morgan fingerprint density at radius 1 is 1.03 bits per heavy atom. The second kappa shape index (κ2) is 8.43. The Hall–Kier alpha value is -3.22. The summed E-state index contributed by atoms with van der Waals surface area (Å²) in [5, 5.41) is 4.17. The topological polar surface area (TPSA) is 63.6 Å². The summed E-state index contributed by atoms with van der Waals surface area (Å²) in [6, 6.07) is 15.8. The molecule has 0 saturated carbocycles. The highest BCUT2D eigenvalue weighted by Crippen LogP contribution is 2.29. The number of benzene rings is 2. The van der Waals surface area contributed by atoms with Crippen LogP contribution in [0, 0.1) is 0 Å². The highest BCUT2D eigenvalue weighted by atomic mass is 16.6. The number of carbonyl (C=O) groups is 1. The number of hydrogen-bond donors (Lipinski definition) is 0. The lowest BCUT2D eigenvalue weighted by Gasteiger charge is -2.36. The van der Waals surface area contributed by atoms with Gasteiger partial charge in [0.2, 0.25) is 6.10 Å². The van der Waals surface area contributed by atoms with E-state index in [1.54, 1.807) is 14.2 Å². The van der Waals surface area contributed by atoms with Crippen molar-refractivity contribution in [1.82, 2.24) is 4.90 Å². The molecule has 1 amide bonds. The Kier molecular flexibility index (Phi) is 5.55. The molecule has 1 atom stereocenters. The number of rotatable bonds is 5. The highest BCUT2D eigenvalue weighted by molar-refractivity contribution is 6.06. The van der Waals surface area contributed by atoms with E-state index >= 15 is 0 Å². The number of hydrogen-bond acceptors (Lipinski definition) is 6. The molecule has 2 aliphatic rings. The second-order valence-electron chi connectivity index (χ2n) is 7.05. The van der Waals surface area contributed by atoms with Crippen LogP contribution in [0.1, 0.15) is 12.0 Å². The van der Waals surface area contributed by atoms with E-state index in [4.69, 9.17) is 14.3 Å². The first kappa shape index (κ1) is 19.1. The van der Waals surface area contributed by atoms with Crippen molar-refractivity contribution >= 4 is 17.3 Å². The Balaban J connectivity index is 1.38. The molecule has 4 rings (SSSR count). The lowest BCUT2D eigenvalue weighted by molar-refractivity contribution is -0.142. The van der Waals surface area contributed by atoms with Gasteiger partial charge in [-0.05, 0) is 30.3 Å². The van der Waals surface area contributed by atoms with Crippen molar-refractivity contribution in [2.75, 3.05) is 45.3 Å². The third-order valence-corrected chi connectivity index (χ3v) is 5.37. The standard InChI is InChI=1S/C22H25N3O4/c1-27-17-8-9-20(28-2)18(14-17)19-15-21(29-23-19)22(26)25-12-10-24(11-13-25)16-6-4-3-5-7-16/h3-9,14,21H,10-13,15H2,1-2H3/t21-/m0/s1. The zero-order chi connectivity index (χ0) is 20.2. The average molecular weight is 395 g/mol. The molecule has 0 spiro atoms. The predicted octanol–water partition coefficient (Wildman–Crippen LogP) is 2.55. The van der Waals surface area contributed by atoms with Crippen LogP contribution in [-0.2, 0) is 9.63 Å². The molecule has 0 bridgehead atoms. The van der Waals surface area contributed by atoms with E-state index in [1.807, 2.05) is 41.3 Å². The molecule has 1 saturated heterocycles. The summed E-state index contributed by atoms with van der Waals surface area (Å²) in [4.78, 5) is 22.6. The maximum atomic E-state index is 13.0. The van der Waals surface area contributed by atoms with Crippen LogP contribution in [0.25, 0.3) is 0 Å². The van der Waals surface area contributed by atoms with Gasteiger partial charge in [-0.15, -0.1) is 0 Å². The minimum atomic E-state index is -0.593. The number of amides is 1.